The van der Waals surface area contributed by atoms with E-state index in [2.05, 4.69) is 6.58 Å². The molecule has 0 aliphatic carbocycles. The molecule has 0 aliphatic heterocycles. The van der Waals surface area contributed by atoms with E-state index in [1.54, 1.807) is 18.2 Å². The molecule has 0 amide bonds. The zero-order chi connectivity index (χ0) is 14.8. The van der Waals surface area contributed by atoms with E-state index in [4.69, 9.17) is 11.6 Å². The van der Waals surface area contributed by atoms with Crippen LogP contribution in [-0.4, -0.2) is 8.42 Å². The smallest absolute Gasteiger partial charge is 0.184 e. The fourth-order valence-corrected chi connectivity index (χ4v) is 3.73. The third-order valence-corrected chi connectivity index (χ3v) is 4.99. The molecule has 104 valence electrons. The fraction of sp³-hybridized carbons (Fsp3) is 0.0667. The molecule has 0 aromatic heterocycles. The topological polar surface area (TPSA) is 34.1 Å². The van der Waals surface area contributed by atoms with Crippen LogP contribution < -0.4 is 0 Å². The minimum Gasteiger partial charge on any atom is -0.223 e. The minimum atomic E-state index is -3.68. The molecule has 0 unspecified atom stereocenters. The van der Waals surface area contributed by atoms with Crippen LogP contribution in [0, 0.1) is 5.82 Å². The molecule has 0 aliphatic rings. The Hall–Kier alpha value is -1.65. The van der Waals surface area contributed by atoms with Crippen LogP contribution in [0.4, 0.5) is 4.39 Å². The van der Waals surface area contributed by atoms with Gasteiger partial charge in [-0.3, -0.25) is 0 Å². The summed E-state index contributed by atoms with van der Waals surface area (Å²) < 4.78 is 38.4. The molecule has 20 heavy (non-hydrogen) atoms. The van der Waals surface area contributed by atoms with E-state index in [0.29, 0.717) is 5.56 Å². The van der Waals surface area contributed by atoms with Gasteiger partial charge in [0.2, 0.25) is 0 Å². The molecule has 2 rings (SSSR count). The summed E-state index contributed by atoms with van der Waals surface area (Å²) >= 11 is 5.88. The van der Waals surface area contributed by atoms with Gasteiger partial charge in [-0.2, -0.15) is 0 Å². The van der Waals surface area contributed by atoms with E-state index in [9.17, 15) is 12.8 Å². The number of hydrogen-bond donors (Lipinski definition) is 0. The summed E-state index contributed by atoms with van der Waals surface area (Å²) in [5.74, 6) is -1.00. The Morgan fingerprint density at radius 1 is 1.20 bits per heavy atom. The summed E-state index contributed by atoms with van der Waals surface area (Å²) in [4.78, 5) is 0.00821. The molecule has 2 aromatic carbocycles. The highest BCUT2D eigenvalue weighted by atomic mass is 35.5. The third-order valence-electron chi connectivity index (χ3n) is 2.83. The van der Waals surface area contributed by atoms with Crippen LogP contribution in [0.15, 0.2) is 53.9 Å². The quantitative estimate of drug-likeness (QED) is 0.852. The largest absolute Gasteiger partial charge is 0.223 e. The van der Waals surface area contributed by atoms with Crippen LogP contribution in [0.3, 0.4) is 0 Å². The van der Waals surface area contributed by atoms with Crippen LogP contribution in [-0.2, 0) is 15.6 Å². The van der Waals surface area contributed by atoms with Gasteiger partial charge in [-0.05, 0) is 23.8 Å². The summed E-state index contributed by atoms with van der Waals surface area (Å²) in [6.45, 7) is 3.53. The zero-order valence-electron chi connectivity index (χ0n) is 10.5. The second kappa shape index (κ2) is 5.77. The number of hydrogen-bond acceptors (Lipinski definition) is 2. The number of sulfone groups is 1. The maximum Gasteiger partial charge on any atom is 0.184 e. The van der Waals surface area contributed by atoms with Gasteiger partial charge in [0.15, 0.2) is 9.84 Å². The number of benzene rings is 2. The monoisotopic (exact) mass is 310 g/mol. The van der Waals surface area contributed by atoms with Crippen LogP contribution in [0.1, 0.15) is 11.1 Å². The number of rotatable bonds is 4. The lowest BCUT2D eigenvalue weighted by atomic mass is 10.1. The van der Waals surface area contributed by atoms with Crippen molar-refractivity contribution < 1.29 is 12.8 Å². The Labute approximate surface area is 122 Å². The Kier molecular flexibility index (Phi) is 4.26. The molecular weight excluding hydrogens is 299 g/mol. The van der Waals surface area contributed by atoms with Gasteiger partial charge in [0.1, 0.15) is 5.82 Å². The molecule has 0 heterocycles. The molecule has 0 bridgehead atoms. The van der Waals surface area contributed by atoms with Crippen molar-refractivity contribution in [2.75, 3.05) is 0 Å². The highest BCUT2D eigenvalue weighted by Gasteiger charge is 2.20. The molecule has 2 nitrogen and oxygen atoms in total. The van der Waals surface area contributed by atoms with E-state index >= 15 is 0 Å². The average Bonchev–Trinajstić information content (AvgIpc) is 2.41. The summed E-state index contributed by atoms with van der Waals surface area (Å²) in [7, 11) is -3.68. The second-order valence-electron chi connectivity index (χ2n) is 4.24. The summed E-state index contributed by atoms with van der Waals surface area (Å²) in [6, 6.07) is 10.4. The first kappa shape index (κ1) is 14.8. The maximum absolute atomic E-state index is 13.8. The Morgan fingerprint density at radius 2 is 1.90 bits per heavy atom. The zero-order valence-corrected chi connectivity index (χ0v) is 12.1. The van der Waals surface area contributed by atoms with Crippen molar-refractivity contribution in [3.8, 4) is 0 Å². The van der Waals surface area contributed by atoms with E-state index in [1.165, 1.54) is 30.3 Å². The molecular formula is C15H12ClFO2S. The first-order chi connectivity index (χ1) is 9.44. The first-order valence-corrected chi connectivity index (χ1v) is 7.85. The minimum absolute atomic E-state index is 0.00821. The second-order valence-corrected chi connectivity index (χ2v) is 6.61. The van der Waals surface area contributed by atoms with Crippen LogP contribution >= 0.6 is 11.6 Å². The molecule has 0 fully saturated rings. The van der Waals surface area contributed by atoms with Crippen molar-refractivity contribution >= 4 is 27.5 Å². The lowest BCUT2D eigenvalue weighted by Gasteiger charge is -2.08. The van der Waals surface area contributed by atoms with E-state index < -0.39 is 21.4 Å². The Bertz CT molecular complexity index is 754. The maximum atomic E-state index is 13.8. The number of halogens is 2. The molecule has 5 heteroatoms. The first-order valence-electron chi connectivity index (χ1n) is 5.82. The lowest BCUT2D eigenvalue weighted by Crippen LogP contribution is -2.07. The van der Waals surface area contributed by atoms with Crippen molar-refractivity contribution in [2.45, 2.75) is 10.6 Å². The normalized spacial score (nSPS) is 11.3. The molecule has 0 saturated carbocycles. The summed E-state index contributed by atoms with van der Waals surface area (Å²) in [5, 5.41) is 0.135. The van der Waals surface area contributed by atoms with E-state index in [1.807, 2.05) is 0 Å². The third kappa shape index (κ3) is 3.08. The standard InChI is InChI=1S/C15H12ClFO2S/c1-2-11-7-8-12(14(17)9-11)10-20(18,19)15-6-4-3-5-13(15)16/h2-9H,1,10H2. The van der Waals surface area contributed by atoms with Crippen LogP contribution in [0.25, 0.3) is 6.08 Å². The molecule has 2 aromatic rings. The summed E-state index contributed by atoms with van der Waals surface area (Å²) in [5.41, 5.74) is 0.705. The molecule has 0 saturated heterocycles. The van der Waals surface area contributed by atoms with Crippen molar-refractivity contribution in [1.29, 1.82) is 0 Å². The van der Waals surface area contributed by atoms with Gasteiger partial charge >= 0.3 is 0 Å². The van der Waals surface area contributed by atoms with Gasteiger partial charge in [-0.15, -0.1) is 0 Å². The van der Waals surface area contributed by atoms with Crippen LogP contribution in [0.2, 0.25) is 5.02 Å². The van der Waals surface area contributed by atoms with Crippen molar-refractivity contribution in [1.82, 2.24) is 0 Å². The van der Waals surface area contributed by atoms with Crippen molar-refractivity contribution in [3.63, 3.8) is 0 Å². The van der Waals surface area contributed by atoms with Crippen molar-refractivity contribution in [2.24, 2.45) is 0 Å². The summed E-state index contributed by atoms with van der Waals surface area (Å²) in [6.07, 6.45) is 1.50. The van der Waals surface area contributed by atoms with Gasteiger partial charge in [0.05, 0.1) is 15.7 Å². The van der Waals surface area contributed by atoms with Gasteiger partial charge in [0, 0.05) is 5.56 Å². The van der Waals surface area contributed by atoms with Gasteiger partial charge in [0.25, 0.3) is 0 Å². The van der Waals surface area contributed by atoms with Crippen LogP contribution in [0.5, 0.6) is 0 Å². The highest BCUT2D eigenvalue weighted by molar-refractivity contribution is 7.90. The van der Waals surface area contributed by atoms with E-state index in [-0.39, 0.29) is 15.5 Å². The predicted octanol–water partition coefficient (Wildman–Crippen LogP) is 4.10. The van der Waals surface area contributed by atoms with Gasteiger partial charge in [-0.1, -0.05) is 48.5 Å². The van der Waals surface area contributed by atoms with Gasteiger partial charge < -0.3 is 0 Å². The molecule has 0 N–H and O–H groups in total. The highest BCUT2D eigenvalue weighted by Crippen LogP contribution is 2.25. The molecule has 0 spiro atoms. The van der Waals surface area contributed by atoms with Gasteiger partial charge in [-0.25, -0.2) is 12.8 Å². The SMILES string of the molecule is C=Cc1ccc(CS(=O)(=O)c2ccccc2Cl)c(F)c1. The molecule has 0 radical (unpaired) electrons. The molecule has 0 atom stereocenters. The average molecular weight is 311 g/mol. The predicted molar refractivity (Wildman–Crippen MR) is 78.8 cm³/mol. The Balaban J connectivity index is 2.39. The van der Waals surface area contributed by atoms with E-state index in [0.717, 1.165) is 0 Å². The Morgan fingerprint density at radius 3 is 2.50 bits per heavy atom. The fourth-order valence-electron chi connectivity index (χ4n) is 1.79. The lowest BCUT2D eigenvalue weighted by molar-refractivity contribution is 0.587. The van der Waals surface area contributed by atoms with Crippen molar-refractivity contribution in [3.05, 3.63) is 71.0 Å².